The summed E-state index contributed by atoms with van der Waals surface area (Å²) in [5, 5.41) is 14.0. The van der Waals surface area contributed by atoms with Crippen molar-refractivity contribution in [2.75, 3.05) is 6.54 Å². The normalized spacial score (nSPS) is 18.4. The standard InChI is InChI=1S/C20H24N4O3/c1-15(17-6-5-7-18(14-17)24(26)27)22-20(25)23-13-4-2-3-8-19(23)16-9-11-21-12-10-16/h5-7,9-12,14-15,19H,2-4,8,13H2,1H3,(H,22,25)/t15-,19+/m1/s1. The van der Waals surface area contributed by atoms with Gasteiger partial charge < -0.3 is 10.2 Å². The Kier molecular flexibility index (Phi) is 6.01. The lowest BCUT2D eigenvalue weighted by Gasteiger charge is -2.31. The lowest BCUT2D eigenvalue weighted by atomic mass is 10.0. The summed E-state index contributed by atoms with van der Waals surface area (Å²) in [6.45, 7) is 2.54. The summed E-state index contributed by atoms with van der Waals surface area (Å²) in [7, 11) is 0. The number of carbonyl (C=O) groups is 1. The summed E-state index contributed by atoms with van der Waals surface area (Å²) in [6.07, 6.45) is 7.58. The number of aromatic nitrogens is 1. The maximum atomic E-state index is 13.0. The highest BCUT2D eigenvalue weighted by Gasteiger charge is 2.27. The Morgan fingerprint density at radius 2 is 2.04 bits per heavy atom. The molecule has 1 aromatic heterocycles. The Morgan fingerprint density at radius 1 is 1.26 bits per heavy atom. The van der Waals surface area contributed by atoms with Crippen LogP contribution in [0.15, 0.2) is 48.8 Å². The van der Waals surface area contributed by atoms with Crippen molar-refractivity contribution in [2.45, 2.75) is 44.7 Å². The summed E-state index contributed by atoms with van der Waals surface area (Å²) < 4.78 is 0. The third-order valence-corrected chi connectivity index (χ3v) is 5.03. The van der Waals surface area contributed by atoms with Crippen LogP contribution in [0.1, 0.15) is 55.8 Å². The molecule has 27 heavy (non-hydrogen) atoms. The Bertz CT molecular complexity index is 797. The number of nitrogens with zero attached hydrogens (tertiary/aromatic N) is 3. The number of non-ortho nitro benzene ring substituents is 1. The number of nitrogens with one attached hydrogen (secondary N) is 1. The number of nitro groups is 1. The van der Waals surface area contributed by atoms with E-state index in [2.05, 4.69) is 10.3 Å². The number of urea groups is 1. The van der Waals surface area contributed by atoms with Gasteiger partial charge in [0.1, 0.15) is 0 Å². The zero-order valence-electron chi connectivity index (χ0n) is 15.4. The van der Waals surface area contributed by atoms with Crippen LogP contribution in [0.3, 0.4) is 0 Å². The third-order valence-electron chi connectivity index (χ3n) is 5.03. The van der Waals surface area contributed by atoms with E-state index in [-0.39, 0.29) is 23.8 Å². The van der Waals surface area contributed by atoms with Gasteiger partial charge in [0.15, 0.2) is 0 Å². The van der Waals surface area contributed by atoms with E-state index < -0.39 is 4.92 Å². The lowest BCUT2D eigenvalue weighted by Crippen LogP contribution is -2.43. The molecule has 1 N–H and O–H groups in total. The first-order chi connectivity index (χ1) is 13.1. The minimum atomic E-state index is -0.424. The summed E-state index contributed by atoms with van der Waals surface area (Å²) in [4.78, 5) is 29.5. The van der Waals surface area contributed by atoms with Crippen LogP contribution < -0.4 is 5.32 Å². The summed E-state index contributed by atoms with van der Waals surface area (Å²) in [5.41, 5.74) is 1.83. The number of benzene rings is 1. The molecule has 2 amide bonds. The maximum Gasteiger partial charge on any atom is 0.318 e. The van der Waals surface area contributed by atoms with Gasteiger partial charge in [-0.05, 0) is 43.0 Å². The van der Waals surface area contributed by atoms with Gasteiger partial charge in [0, 0.05) is 31.1 Å². The van der Waals surface area contributed by atoms with Gasteiger partial charge in [-0.3, -0.25) is 15.1 Å². The molecule has 7 heteroatoms. The van der Waals surface area contributed by atoms with Crippen molar-refractivity contribution in [3.63, 3.8) is 0 Å². The number of hydrogen-bond donors (Lipinski definition) is 1. The smallest absolute Gasteiger partial charge is 0.318 e. The van der Waals surface area contributed by atoms with Crippen molar-refractivity contribution in [3.05, 3.63) is 70.0 Å². The third kappa shape index (κ3) is 4.61. The quantitative estimate of drug-likeness (QED) is 0.641. The summed E-state index contributed by atoms with van der Waals surface area (Å²) >= 11 is 0. The molecule has 0 bridgehead atoms. The highest BCUT2D eigenvalue weighted by atomic mass is 16.6. The van der Waals surface area contributed by atoms with Crippen LogP contribution >= 0.6 is 0 Å². The molecule has 0 saturated carbocycles. The highest BCUT2D eigenvalue weighted by molar-refractivity contribution is 5.75. The molecule has 0 radical (unpaired) electrons. The number of carbonyl (C=O) groups excluding carboxylic acids is 1. The number of nitro benzene ring substituents is 1. The lowest BCUT2D eigenvalue weighted by molar-refractivity contribution is -0.384. The van der Waals surface area contributed by atoms with Crippen LogP contribution in [0.2, 0.25) is 0 Å². The van der Waals surface area contributed by atoms with Crippen LogP contribution in [-0.4, -0.2) is 27.4 Å². The van der Waals surface area contributed by atoms with Crippen molar-refractivity contribution < 1.29 is 9.72 Å². The summed E-state index contributed by atoms with van der Waals surface area (Å²) in [5.74, 6) is 0. The van der Waals surface area contributed by atoms with Crippen LogP contribution in [-0.2, 0) is 0 Å². The zero-order valence-corrected chi connectivity index (χ0v) is 15.4. The molecule has 0 aliphatic carbocycles. The molecule has 3 rings (SSSR count). The van der Waals surface area contributed by atoms with E-state index in [0.717, 1.165) is 31.2 Å². The molecular formula is C20H24N4O3. The van der Waals surface area contributed by atoms with E-state index in [4.69, 9.17) is 0 Å². The van der Waals surface area contributed by atoms with Crippen molar-refractivity contribution in [1.82, 2.24) is 15.2 Å². The van der Waals surface area contributed by atoms with Crippen LogP contribution in [0, 0.1) is 10.1 Å². The largest absolute Gasteiger partial charge is 0.331 e. The number of pyridine rings is 1. The van der Waals surface area contributed by atoms with E-state index in [1.54, 1.807) is 24.5 Å². The van der Waals surface area contributed by atoms with Crippen LogP contribution in [0.4, 0.5) is 10.5 Å². The van der Waals surface area contributed by atoms with Gasteiger partial charge >= 0.3 is 6.03 Å². The molecule has 0 unspecified atom stereocenters. The van der Waals surface area contributed by atoms with E-state index in [0.29, 0.717) is 12.1 Å². The van der Waals surface area contributed by atoms with E-state index in [9.17, 15) is 14.9 Å². The number of amides is 2. The molecule has 7 nitrogen and oxygen atoms in total. The van der Waals surface area contributed by atoms with E-state index in [1.807, 2.05) is 24.0 Å². The fourth-order valence-corrected chi connectivity index (χ4v) is 3.54. The molecule has 0 spiro atoms. The molecule has 142 valence electrons. The molecule has 1 saturated heterocycles. The Hall–Kier alpha value is -2.96. The van der Waals surface area contributed by atoms with Crippen molar-refractivity contribution in [3.8, 4) is 0 Å². The Balaban J connectivity index is 1.76. The molecule has 1 aromatic carbocycles. The summed E-state index contributed by atoms with van der Waals surface area (Å²) in [6, 6.07) is 9.87. The van der Waals surface area contributed by atoms with Crippen molar-refractivity contribution in [2.24, 2.45) is 0 Å². The minimum Gasteiger partial charge on any atom is -0.331 e. The minimum absolute atomic E-state index is 0.0211. The fraction of sp³-hybridized carbons (Fsp3) is 0.400. The van der Waals surface area contributed by atoms with Crippen LogP contribution in [0.5, 0.6) is 0 Å². The van der Waals surface area contributed by atoms with Gasteiger partial charge in [-0.2, -0.15) is 0 Å². The second-order valence-corrected chi connectivity index (χ2v) is 6.86. The molecule has 2 atom stereocenters. The average molecular weight is 368 g/mol. The molecule has 2 aromatic rings. The van der Waals surface area contributed by atoms with Gasteiger partial charge in [-0.1, -0.05) is 25.0 Å². The van der Waals surface area contributed by atoms with Crippen molar-refractivity contribution in [1.29, 1.82) is 0 Å². The molecule has 1 aliphatic heterocycles. The van der Waals surface area contributed by atoms with Gasteiger partial charge in [0.05, 0.1) is 17.0 Å². The first-order valence-electron chi connectivity index (χ1n) is 9.27. The first kappa shape index (κ1) is 18.8. The second kappa shape index (κ2) is 8.62. The second-order valence-electron chi connectivity index (χ2n) is 6.86. The molecule has 2 heterocycles. The zero-order chi connectivity index (χ0) is 19.2. The Labute approximate surface area is 158 Å². The topological polar surface area (TPSA) is 88.4 Å². The number of hydrogen-bond acceptors (Lipinski definition) is 4. The SMILES string of the molecule is C[C@@H](NC(=O)N1CCCCC[C@H]1c1ccncc1)c1cccc([N+](=O)[O-])c1. The van der Waals surface area contributed by atoms with Gasteiger partial charge in [0.2, 0.25) is 0 Å². The predicted octanol–water partition coefficient (Wildman–Crippen LogP) is 4.38. The highest BCUT2D eigenvalue weighted by Crippen LogP contribution is 2.30. The molecule has 1 fully saturated rings. The van der Waals surface area contributed by atoms with Crippen molar-refractivity contribution >= 4 is 11.7 Å². The maximum absolute atomic E-state index is 13.0. The molecular weight excluding hydrogens is 344 g/mol. The average Bonchev–Trinajstić information content (AvgIpc) is 2.95. The first-order valence-corrected chi connectivity index (χ1v) is 9.27. The van der Waals surface area contributed by atoms with E-state index >= 15 is 0 Å². The fourth-order valence-electron chi connectivity index (χ4n) is 3.54. The number of rotatable bonds is 4. The van der Waals surface area contributed by atoms with Crippen LogP contribution in [0.25, 0.3) is 0 Å². The Morgan fingerprint density at radius 3 is 2.78 bits per heavy atom. The van der Waals surface area contributed by atoms with Gasteiger partial charge in [-0.25, -0.2) is 4.79 Å². The van der Waals surface area contributed by atoms with Gasteiger partial charge in [-0.15, -0.1) is 0 Å². The monoisotopic (exact) mass is 368 g/mol. The van der Waals surface area contributed by atoms with Gasteiger partial charge in [0.25, 0.3) is 5.69 Å². The van der Waals surface area contributed by atoms with E-state index in [1.165, 1.54) is 12.1 Å². The molecule has 1 aliphatic rings. The predicted molar refractivity (Wildman–Crippen MR) is 102 cm³/mol. The number of likely N-dealkylation sites (tertiary alicyclic amines) is 1.